The van der Waals surface area contributed by atoms with Crippen LogP contribution in [0.5, 0.6) is 5.75 Å². The van der Waals surface area contributed by atoms with Gasteiger partial charge in [0.25, 0.3) is 5.91 Å². The van der Waals surface area contributed by atoms with E-state index in [0.717, 1.165) is 0 Å². The van der Waals surface area contributed by atoms with Crippen molar-refractivity contribution in [3.63, 3.8) is 0 Å². The maximum atomic E-state index is 11.9. The molecule has 1 aromatic rings. The number of halogens is 2. The molecule has 18 heavy (non-hydrogen) atoms. The Kier molecular flexibility index (Phi) is 5.65. The van der Waals surface area contributed by atoms with Crippen LogP contribution in [-0.2, 0) is 0 Å². The van der Waals surface area contributed by atoms with Crippen molar-refractivity contribution >= 4 is 5.91 Å². The van der Waals surface area contributed by atoms with Crippen molar-refractivity contribution in [2.45, 2.75) is 19.5 Å². The van der Waals surface area contributed by atoms with Gasteiger partial charge >= 0.3 is 6.61 Å². The number of ether oxygens (including phenoxy) is 1. The minimum atomic E-state index is -2.87. The molecule has 1 N–H and O–H groups in total. The van der Waals surface area contributed by atoms with Gasteiger partial charge in [-0.1, -0.05) is 0 Å². The van der Waals surface area contributed by atoms with Gasteiger partial charge < -0.3 is 10.1 Å². The molecule has 0 aromatic heterocycles. The van der Waals surface area contributed by atoms with Crippen LogP contribution >= 0.6 is 0 Å². The second-order valence-electron chi connectivity index (χ2n) is 3.47. The van der Waals surface area contributed by atoms with E-state index in [4.69, 9.17) is 6.42 Å². The van der Waals surface area contributed by atoms with Crippen molar-refractivity contribution < 1.29 is 18.3 Å². The molecule has 0 saturated heterocycles. The van der Waals surface area contributed by atoms with Gasteiger partial charge in [-0.25, -0.2) is 0 Å². The monoisotopic (exact) mass is 253 g/mol. The van der Waals surface area contributed by atoms with Gasteiger partial charge in [-0.15, -0.1) is 12.3 Å². The lowest BCUT2D eigenvalue weighted by Crippen LogP contribution is -2.24. The highest BCUT2D eigenvalue weighted by Gasteiger charge is 2.07. The molecule has 0 aliphatic heterocycles. The van der Waals surface area contributed by atoms with Crippen LogP contribution in [0, 0.1) is 12.3 Å². The molecule has 0 fully saturated rings. The zero-order chi connectivity index (χ0) is 13.4. The second kappa shape index (κ2) is 7.28. The maximum absolute atomic E-state index is 11.9. The molecule has 0 unspecified atom stereocenters. The summed E-state index contributed by atoms with van der Waals surface area (Å²) in [6.07, 6.45) is 6.38. The van der Waals surface area contributed by atoms with Gasteiger partial charge in [-0.2, -0.15) is 8.78 Å². The molecule has 0 spiro atoms. The van der Waals surface area contributed by atoms with E-state index in [-0.39, 0.29) is 11.7 Å². The number of hydrogen-bond acceptors (Lipinski definition) is 2. The molecule has 3 nitrogen and oxygen atoms in total. The van der Waals surface area contributed by atoms with E-state index in [9.17, 15) is 13.6 Å². The first-order valence-corrected chi connectivity index (χ1v) is 5.40. The van der Waals surface area contributed by atoms with E-state index in [0.29, 0.717) is 24.9 Å². The predicted molar refractivity (Wildman–Crippen MR) is 63.5 cm³/mol. The highest BCUT2D eigenvalue weighted by Crippen LogP contribution is 2.14. The van der Waals surface area contributed by atoms with Crippen molar-refractivity contribution in [3.8, 4) is 18.1 Å². The van der Waals surface area contributed by atoms with Crippen molar-refractivity contribution in [1.82, 2.24) is 5.32 Å². The topological polar surface area (TPSA) is 38.3 Å². The Balaban J connectivity index is 2.46. The fraction of sp³-hybridized carbons (Fsp3) is 0.308. The average molecular weight is 253 g/mol. The van der Waals surface area contributed by atoms with Crippen molar-refractivity contribution in [2.24, 2.45) is 0 Å². The lowest BCUT2D eigenvalue weighted by Gasteiger charge is -2.06. The predicted octanol–water partition coefficient (Wildman–Crippen LogP) is 2.43. The Morgan fingerprint density at radius 3 is 2.61 bits per heavy atom. The van der Waals surface area contributed by atoms with Gasteiger partial charge in [0.1, 0.15) is 5.75 Å². The van der Waals surface area contributed by atoms with Gasteiger partial charge in [-0.3, -0.25) is 4.79 Å². The van der Waals surface area contributed by atoms with E-state index in [1.54, 1.807) is 0 Å². The largest absolute Gasteiger partial charge is 0.435 e. The summed E-state index contributed by atoms with van der Waals surface area (Å²) in [7, 11) is 0. The number of unbranched alkanes of at least 4 members (excludes halogenated alkanes) is 1. The maximum Gasteiger partial charge on any atom is 0.387 e. The Morgan fingerprint density at radius 1 is 1.39 bits per heavy atom. The minimum Gasteiger partial charge on any atom is -0.435 e. The first-order valence-electron chi connectivity index (χ1n) is 5.40. The highest BCUT2D eigenvalue weighted by molar-refractivity contribution is 5.94. The van der Waals surface area contributed by atoms with E-state index in [1.165, 1.54) is 24.3 Å². The van der Waals surface area contributed by atoms with Gasteiger partial charge in [-0.05, 0) is 30.7 Å². The van der Waals surface area contributed by atoms with E-state index >= 15 is 0 Å². The number of carbonyl (C=O) groups is 1. The number of terminal acetylenes is 1. The zero-order valence-corrected chi connectivity index (χ0v) is 9.66. The molecular weight excluding hydrogens is 240 g/mol. The fourth-order valence-electron chi connectivity index (χ4n) is 1.28. The van der Waals surface area contributed by atoms with Gasteiger partial charge in [0, 0.05) is 18.5 Å². The van der Waals surface area contributed by atoms with E-state index in [1.807, 2.05) is 0 Å². The van der Waals surface area contributed by atoms with Crippen LogP contribution in [0.1, 0.15) is 23.2 Å². The van der Waals surface area contributed by atoms with E-state index in [2.05, 4.69) is 16.0 Å². The molecule has 0 bridgehead atoms. The summed E-state index contributed by atoms with van der Waals surface area (Å²) < 4.78 is 28.0. The molecule has 1 aromatic carbocycles. The molecule has 0 aliphatic carbocycles. The number of rotatable bonds is 6. The summed E-state index contributed by atoms with van der Waals surface area (Å²) in [6, 6.07) is 5.49. The normalized spacial score (nSPS) is 9.89. The van der Waals surface area contributed by atoms with Crippen LogP contribution in [0.15, 0.2) is 24.3 Å². The molecule has 1 amide bonds. The molecule has 0 aliphatic rings. The lowest BCUT2D eigenvalue weighted by atomic mass is 10.2. The molecule has 96 valence electrons. The molecule has 0 radical (unpaired) electrons. The molecule has 5 heteroatoms. The van der Waals surface area contributed by atoms with Crippen LogP contribution in [-0.4, -0.2) is 19.1 Å². The third-order valence-corrected chi connectivity index (χ3v) is 2.13. The average Bonchev–Trinajstić information content (AvgIpc) is 2.34. The van der Waals surface area contributed by atoms with Crippen molar-refractivity contribution in [3.05, 3.63) is 29.8 Å². The van der Waals surface area contributed by atoms with Crippen LogP contribution in [0.4, 0.5) is 8.78 Å². The first kappa shape index (κ1) is 14.0. The third kappa shape index (κ3) is 4.83. The van der Waals surface area contributed by atoms with Gasteiger partial charge in [0.05, 0.1) is 0 Å². The van der Waals surface area contributed by atoms with Gasteiger partial charge in [0.15, 0.2) is 0 Å². The molecule has 1 rings (SSSR count). The summed E-state index contributed by atoms with van der Waals surface area (Å²) in [5, 5.41) is 2.67. The van der Waals surface area contributed by atoms with Crippen LogP contribution in [0.2, 0.25) is 0 Å². The van der Waals surface area contributed by atoms with Crippen molar-refractivity contribution in [1.29, 1.82) is 0 Å². The van der Waals surface area contributed by atoms with Crippen LogP contribution in [0.3, 0.4) is 0 Å². The second-order valence-corrected chi connectivity index (χ2v) is 3.47. The quantitative estimate of drug-likeness (QED) is 0.624. The smallest absolute Gasteiger partial charge is 0.387 e. The first-order chi connectivity index (χ1) is 8.63. The van der Waals surface area contributed by atoms with Gasteiger partial charge in [0.2, 0.25) is 0 Å². The number of amides is 1. The third-order valence-electron chi connectivity index (χ3n) is 2.13. The number of carbonyl (C=O) groups excluding carboxylic acids is 1. The summed E-state index contributed by atoms with van der Waals surface area (Å²) in [5.74, 6) is 2.22. The number of alkyl halides is 2. The van der Waals surface area contributed by atoms with E-state index < -0.39 is 6.61 Å². The number of benzene rings is 1. The Hall–Kier alpha value is -2.09. The lowest BCUT2D eigenvalue weighted by molar-refractivity contribution is -0.0498. The summed E-state index contributed by atoms with van der Waals surface area (Å²) in [5.41, 5.74) is 0.386. The zero-order valence-electron chi connectivity index (χ0n) is 9.66. The number of nitrogens with one attached hydrogen (secondary N) is 1. The number of hydrogen-bond donors (Lipinski definition) is 1. The standard InChI is InChI=1S/C13H13F2NO2/c1-2-3-4-9-16-12(17)10-5-7-11(8-6-10)18-13(14)15/h1,5-8,13H,3-4,9H2,(H,16,17). The molecule has 0 saturated carbocycles. The van der Waals surface area contributed by atoms with Crippen LogP contribution in [0.25, 0.3) is 0 Å². The Bertz CT molecular complexity index is 424. The Labute approximate surface area is 104 Å². The molecular formula is C13H13F2NO2. The molecule has 0 atom stereocenters. The summed E-state index contributed by atoms with van der Waals surface area (Å²) >= 11 is 0. The Morgan fingerprint density at radius 2 is 2.06 bits per heavy atom. The summed E-state index contributed by atoms with van der Waals surface area (Å²) in [6.45, 7) is -2.38. The SMILES string of the molecule is C#CCCCNC(=O)c1ccc(OC(F)F)cc1. The van der Waals surface area contributed by atoms with Crippen molar-refractivity contribution in [2.75, 3.05) is 6.54 Å². The highest BCUT2D eigenvalue weighted by atomic mass is 19.3. The summed E-state index contributed by atoms with van der Waals surface area (Å²) in [4.78, 5) is 11.6. The fourth-order valence-corrected chi connectivity index (χ4v) is 1.28. The van der Waals surface area contributed by atoms with Crippen LogP contribution < -0.4 is 10.1 Å². The molecule has 0 heterocycles. The minimum absolute atomic E-state index is 0.0221.